The molecular formula is C24H27F7O8. The molecular weight excluding hydrogens is 549 g/mol. The van der Waals surface area contributed by atoms with Crippen LogP contribution in [0.4, 0.5) is 30.7 Å². The van der Waals surface area contributed by atoms with E-state index in [1.165, 1.54) is 58.8 Å². The second kappa shape index (κ2) is 17.0. The average molecular weight is 576 g/mol. The third kappa shape index (κ3) is 14.7. The Morgan fingerprint density at radius 2 is 1.18 bits per heavy atom. The molecule has 0 amide bonds. The fourth-order valence-corrected chi connectivity index (χ4v) is 2.34. The molecule has 0 spiro atoms. The predicted octanol–water partition coefficient (Wildman–Crippen LogP) is 5.37. The second-order valence-electron chi connectivity index (χ2n) is 7.00. The lowest BCUT2D eigenvalue weighted by molar-refractivity contribution is -0.141. The zero-order valence-electron chi connectivity index (χ0n) is 21.2. The SMILES string of the molecule is COC(=O)c1ccc(F)c(OC)c1.COC(=O)c1ccc(OCCC(F)(F)F)c(OC)c1.OCCC(F)(F)F. The van der Waals surface area contributed by atoms with Gasteiger partial charge in [0.25, 0.3) is 0 Å². The Kier molecular flexibility index (Phi) is 15.3. The largest absolute Gasteiger partial charge is 0.494 e. The molecule has 0 fully saturated rings. The summed E-state index contributed by atoms with van der Waals surface area (Å²) in [5, 5.41) is 7.68. The normalized spacial score (nSPS) is 10.7. The highest BCUT2D eigenvalue weighted by Crippen LogP contribution is 2.29. The minimum absolute atomic E-state index is 0.0305. The van der Waals surface area contributed by atoms with Crippen LogP contribution in [0.3, 0.4) is 0 Å². The molecule has 0 atom stereocenters. The number of hydrogen-bond acceptors (Lipinski definition) is 8. The van der Waals surface area contributed by atoms with Gasteiger partial charge < -0.3 is 28.8 Å². The molecule has 2 aromatic carbocycles. The Bertz CT molecular complexity index is 1040. The molecule has 0 saturated heterocycles. The zero-order valence-corrected chi connectivity index (χ0v) is 21.2. The second-order valence-corrected chi connectivity index (χ2v) is 7.00. The molecule has 0 aliphatic heterocycles. The van der Waals surface area contributed by atoms with Crippen molar-refractivity contribution in [1.29, 1.82) is 0 Å². The number of carbonyl (C=O) groups excluding carboxylic acids is 2. The highest BCUT2D eigenvalue weighted by molar-refractivity contribution is 5.90. The van der Waals surface area contributed by atoms with Crippen LogP contribution in [0.15, 0.2) is 36.4 Å². The third-order valence-electron chi connectivity index (χ3n) is 4.20. The van der Waals surface area contributed by atoms with E-state index in [2.05, 4.69) is 9.47 Å². The number of hydrogen-bond donors (Lipinski definition) is 1. The van der Waals surface area contributed by atoms with Crippen LogP contribution in [0.5, 0.6) is 17.2 Å². The number of alkyl halides is 6. The number of halogens is 7. The molecule has 0 aromatic heterocycles. The maximum atomic E-state index is 12.9. The first-order valence-corrected chi connectivity index (χ1v) is 10.7. The van der Waals surface area contributed by atoms with Crippen molar-refractivity contribution in [3.63, 3.8) is 0 Å². The molecule has 220 valence electrons. The number of methoxy groups -OCH3 is 4. The molecule has 0 saturated carbocycles. The summed E-state index contributed by atoms with van der Waals surface area (Å²) in [6, 6.07) is 7.88. The van der Waals surface area contributed by atoms with Crippen molar-refractivity contribution < 1.29 is 69.1 Å². The van der Waals surface area contributed by atoms with Gasteiger partial charge in [-0.05, 0) is 36.4 Å². The van der Waals surface area contributed by atoms with Crippen LogP contribution >= 0.6 is 0 Å². The van der Waals surface area contributed by atoms with E-state index >= 15 is 0 Å². The lowest BCUT2D eigenvalue weighted by Crippen LogP contribution is -2.13. The highest BCUT2D eigenvalue weighted by Gasteiger charge is 2.27. The minimum atomic E-state index is -4.28. The monoisotopic (exact) mass is 576 g/mol. The van der Waals surface area contributed by atoms with E-state index in [1.54, 1.807) is 0 Å². The van der Waals surface area contributed by atoms with Gasteiger partial charge in [0.1, 0.15) is 0 Å². The maximum Gasteiger partial charge on any atom is 0.392 e. The summed E-state index contributed by atoms with van der Waals surface area (Å²) in [7, 11) is 5.15. The average Bonchev–Trinajstić information content (AvgIpc) is 2.87. The quantitative estimate of drug-likeness (QED) is 0.331. The van der Waals surface area contributed by atoms with E-state index in [4.69, 9.17) is 19.3 Å². The van der Waals surface area contributed by atoms with Gasteiger partial charge in [0.2, 0.25) is 0 Å². The standard InChI is InChI=1S/C12H13F3O4.C9H9FO3.C3H5F3O/c1-17-10-7-8(11(16)18-2)3-4-9(10)19-6-5-12(13,14)15;1-12-8-5-6(9(11)13-2)3-4-7(8)10;4-3(5,6)1-2-7/h3-4,7H,5-6H2,1-2H3;3-5H,1-2H3;7H,1-2H2. The number of aliphatic hydroxyl groups is 1. The van der Waals surface area contributed by atoms with Crippen molar-refractivity contribution in [1.82, 2.24) is 0 Å². The van der Waals surface area contributed by atoms with Gasteiger partial charge in [-0.1, -0.05) is 0 Å². The number of aliphatic hydroxyl groups excluding tert-OH is 1. The summed E-state index contributed by atoms with van der Waals surface area (Å²) in [6.45, 7) is -1.33. The number of benzene rings is 2. The lowest BCUT2D eigenvalue weighted by Gasteiger charge is -2.12. The number of ether oxygens (including phenoxy) is 5. The molecule has 0 heterocycles. The first-order chi connectivity index (χ1) is 18.1. The summed E-state index contributed by atoms with van der Waals surface area (Å²) in [5.74, 6) is -1.25. The van der Waals surface area contributed by atoms with Gasteiger partial charge in [-0.2, -0.15) is 26.3 Å². The Labute approximate surface area is 219 Å². The topological polar surface area (TPSA) is 101 Å². The summed E-state index contributed by atoms with van der Waals surface area (Å²) in [4.78, 5) is 22.3. The highest BCUT2D eigenvalue weighted by atomic mass is 19.4. The Morgan fingerprint density at radius 1 is 0.718 bits per heavy atom. The molecule has 0 aliphatic rings. The van der Waals surface area contributed by atoms with Crippen LogP contribution in [0.25, 0.3) is 0 Å². The molecule has 0 unspecified atom stereocenters. The van der Waals surface area contributed by atoms with Gasteiger partial charge in [-0.25, -0.2) is 14.0 Å². The van der Waals surface area contributed by atoms with Crippen molar-refractivity contribution in [2.24, 2.45) is 0 Å². The molecule has 2 rings (SSSR count). The van der Waals surface area contributed by atoms with Gasteiger partial charge in [-0.15, -0.1) is 0 Å². The van der Waals surface area contributed by atoms with Crippen LogP contribution in [-0.4, -0.2) is 71.1 Å². The van der Waals surface area contributed by atoms with Gasteiger partial charge in [0.15, 0.2) is 23.1 Å². The van der Waals surface area contributed by atoms with Gasteiger partial charge in [0, 0.05) is 0 Å². The van der Waals surface area contributed by atoms with Crippen LogP contribution in [-0.2, 0) is 9.47 Å². The number of rotatable bonds is 8. The Hall–Kier alpha value is -3.75. The van der Waals surface area contributed by atoms with E-state index in [0.29, 0.717) is 0 Å². The molecule has 0 radical (unpaired) electrons. The van der Waals surface area contributed by atoms with Crippen molar-refractivity contribution in [3.8, 4) is 17.2 Å². The molecule has 2 aromatic rings. The third-order valence-corrected chi connectivity index (χ3v) is 4.20. The lowest BCUT2D eigenvalue weighted by atomic mass is 10.2. The van der Waals surface area contributed by atoms with Crippen LogP contribution < -0.4 is 14.2 Å². The summed E-state index contributed by atoms with van der Waals surface area (Å²) >= 11 is 0. The molecule has 1 N–H and O–H groups in total. The molecule has 8 nitrogen and oxygen atoms in total. The molecule has 15 heteroatoms. The zero-order chi connectivity index (χ0) is 30.2. The predicted molar refractivity (Wildman–Crippen MR) is 123 cm³/mol. The molecule has 0 bridgehead atoms. The van der Waals surface area contributed by atoms with E-state index in [0.717, 1.165) is 6.07 Å². The smallest absolute Gasteiger partial charge is 0.392 e. The molecule has 0 aliphatic carbocycles. The van der Waals surface area contributed by atoms with Crippen LogP contribution in [0.2, 0.25) is 0 Å². The van der Waals surface area contributed by atoms with Crippen molar-refractivity contribution in [3.05, 3.63) is 53.3 Å². The van der Waals surface area contributed by atoms with E-state index in [-0.39, 0.29) is 28.4 Å². The first-order valence-electron chi connectivity index (χ1n) is 10.7. The van der Waals surface area contributed by atoms with E-state index in [1.807, 2.05) is 0 Å². The fourth-order valence-electron chi connectivity index (χ4n) is 2.34. The van der Waals surface area contributed by atoms with E-state index in [9.17, 15) is 40.3 Å². The molecule has 39 heavy (non-hydrogen) atoms. The van der Waals surface area contributed by atoms with Gasteiger partial charge in [-0.3, -0.25) is 0 Å². The van der Waals surface area contributed by atoms with Crippen LogP contribution in [0, 0.1) is 5.82 Å². The summed E-state index contributed by atoms with van der Waals surface area (Å²) in [6.07, 6.45) is -10.6. The fraction of sp³-hybridized carbons (Fsp3) is 0.417. The van der Waals surface area contributed by atoms with Gasteiger partial charge >= 0.3 is 24.3 Å². The Morgan fingerprint density at radius 3 is 1.56 bits per heavy atom. The summed E-state index contributed by atoms with van der Waals surface area (Å²) < 4.78 is 105. The van der Waals surface area contributed by atoms with Gasteiger partial charge in [0.05, 0.1) is 65.6 Å². The first kappa shape index (κ1) is 35.2. The number of carbonyl (C=O) groups is 2. The van der Waals surface area contributed by atoms with E-state index < -0.39 is 56.2 Å². The maximum absolute atomic E-state index is 12.9. The summed E-state index contributed by atoms with van der Waals surface area (Å²) in [5.41, 5.74) is 0.489. The van der Waals surface area contributed by atoms with Crippen LogP contribution in [0.1, 0.15) is 33.6 Å². The number of esters is 2. The Balaban J connectivity index is 0.000000622. The van der Waals surface area contributed by atoms with Crippen molar-refractivity contribution in [2.75, 3.05) is 41.7 Å². The van der Waals surface area contributed by atoms with Crippen molar-refractivity contribution in [2.45, 2.75) is 25.2 Å². The van der Waals surface area contributed by atoms with Crippen molar-refractivity contribution >= 4 is 11.9 Å². The minimum Gasteiger partial charge on any atom is -0.494 e.